The maximum Gasteiger partial charge on any atom is 0.431 e. The molecule has 0 bridgehead atoms. The molecule has 1 aliphatic heterocycles. The molecule has 0 aromatic rings. The predicted octanol–water partition coefficient (Wildman–Crippen LogP) is 1.30. The minimum absolute atomic E-state index is 0.494. The van der Waals surface area contributed by atoms with Gasteiger partial charge in [-0.3, -0.25) is 4.79 Å². The van der Waals surface area contributed by atoms with Crippen molar-refractivity contribution in [3.8, 4) is 0 Å². The molecule has 0 radical (unpaired) electrons. The highest BCUT2D eigenvalue weighted by molar-refractivity contribution is 6.10. The Balaban J connectivity index is 2.25. The SMILES string of the molecule is CC1C(=O)N(C2CCCC2O)N=C1C(F)(F)F. The molecule has 3 unspecified atom stereocenters. The molecule has 0 aromatic carbocycles. The molecule has 1 aliphatic carbocycles. The molecule has 96 valence electrons. The number of amides is 1. The lowest BCUT2D eigenvalue weighted by molar-refractivity contribution is -0.135. The van der Waals surface area contributed by atoms with Crippen molar-refractivity contribution in [1.29, 1.82) is 0 Å². The monoisotopic (exact) mass is 250 g/mol. The molecule has 1 saturated carbocycles. The summed E-state index contributed by atoms with van der Waals surface area (Å²) in [7, 11) is 0. The van der Waals surface area contributed by atoms with Crippen LogP contribution in [0.2, 0.25) is 0 Å². The Bertz CT molecular complexity index is 367. The number of carbonyl (C=O) groups excluding carboxylic acids is 1. The molecule has 0 saturated heterocycles. The number of rotatable bonds is 1. The Morgan fingerprint density at radius 2 is 2.06 bits per heavy atom. The number of nitrogens with zero attached hydrogens (tertiary/aromatic N) is 2. The lowest BCUT2D eigenvalue weighted by atomic mass is 10.1. The number of aliphatic hydroxyl groups is 1. The minimum Gasteiger partial charge on any atom is -0.391 e. The fraction of sp³-hybridized carbons (Fsp3) is 0.800. The Kier molecular flexibility index (Phi) is 2.89. The normalized spacial score (nSPS) is 34.4. The summed E-state index contributed by atoms with van der Waals surface area (Å²) in [5, 5.41) is 13.8. The molecule has 17 heavy (non-hydrogen) atoms. The summed E-state index contributed by atoms with van der Waals surface area (Å²) < 4.78 is 37.7. The minimum atomic E-state index is -4.59. The molecule has 4 nitrogen and oxygen atoms in total. The summed E-state index contributed by atoms with van der Waals surface area (Å²) in [5.41, 5.74) is -1.07. The van der Waals surface area contributed by atoms with Crippen LogP contribution in [0.4, 0.5) is 13.2 Å². The zero-order valence-electron chi connectivity index (χ0n) is 9.24. The van der Waals surface area contributed by atoms with Gasteiger partial charge in [0.15, 0.2) is 5.71 Å². The van der Waals surface area contributed by atoms with Crippen LogP contribution < -0.4 is 0 Å². The maximum atomic E-state index is 12.6. The summed E-state index contributed by atoms with van der Waals surface area (Å²) in [6.45, 7) is 1.19. The average Bonchev–Trinajstić information content (AvgIpc) is 2.73. The van der Waals surface area contributed by atoms with Crippen LogP contribution in [0, 0.1) is 5.92 Å². The van der Waals surface area contributed by atoms with Crippen LogP contribution in [-0.4, -0.2) is 40.1 Å². The second kappa shape index (κ2) is 3.97. The number of hydrogen-bond donors (Lipinski definition) is 1. The van der Waals surface area contributed by atoms with Crippen molar-refractivity contribution >= 4 is 11.6 Å². The Labute approximate surface area is 96.1 Å². The Morgan fingerprint density at radius 3 is 2.47 bits per heavy atom. The van der Waals surface area contributed by atoms with Gasteiger partial charge in [-0.1, -0.05) is 0 Å². The van der Waals surface area contributed by atoms with Gasteiger partial charge >= 0.3 is 6.18 Å². The fourth-order valence-corrected chi connectivity index (χ4v) is 2.31. The molecule has 0 spiro atoms. The van der Waals surface area contributed by atoms with Crippen LogP contribution in [0.25, 0.3) is 0 Å². The van der Waals surface area contributed by atoms with Crippen LogP contribution in [0.5, 0.6) is 0 Å². The van der Waals surface area contributed by atoms with Crippen molar-refractivity contribution in [2.24, 2.45) is 11.0 Å². The fourth-order valence-electron chi connectivity index (χ4n) is 2.31. The maximum absolute atomic E-state index is 12.6. The first-order chi connectivity index (χ1) is 7.82. The predicted molar refractivity (Wildman–Crippen MR) is 53.1 cm³/mol. The van der Waals surface area contributed by atoms with E-state index in [9.17, 15) is 23.1 Å². The first-order valence-corrected chi connectivity index (χ1v) is 5.49. The summed E-state index contributed by atoms with van der Waals surface area (Å²) in [4.78, 5) is 11.7. The van der Waals surface area contributed by atoms with Gasteiger partial charge in [-0.2, -0.15) is 18.3 Å². The van der Waals surface area contributed by atoms with E-state index in [0.29, 0.717) is 19.3 Å². The van der Waals surface area contributed by atoms with Gasteiger partial charge in [0.1, 0.15) is 0 Å². The zero-order chi connectivity index (χ0) is 12.8. The van der Waals surface area contributed by atoms with Crippen molar-refractivity contribution in [3.63, 3.8) is 0 Å². The van der Waals surface area contributed by atoms with E-state index in [1.54, 1.807) is 0 Å². The van der Waals surface area contributed by atoms with Crippen molar-refractivity contribution in [3.05, 3.63) is 0 Å². The molecule has 1 N–H and O–H groups in total. The average molecular weight is 250 g/mol. The number of carbonyl (C=O) groups is 1. The third kappa shape index (κ3) is 2.03. The second-order valence-corrected chi connectivity index (χ2v) is 4.45. The number of hydrazone groups is 1. The Hall–Kier alpha value is -1.11. The van der Waals surface area contributed by atoms with Crippen LogP contribution in [0.3, 0.4) is 0 Å². The summed E-state index contributed by atoms with van der Waals surface area (Å²) in [6.07, 6.45) is -3.68. The van der Waals surface area contributed by atoms with E-state index in [4.69, 9.17) is 0 Å². The first kappa shape index (κ1) is 12.3. The van der Waals surface area contributed by atoms with E-state index in [0.717, 1.165) is 5.01 Å². The molecule has 7 heteroatoms. The van der Waals surface area contributed by atoms with E-state index in [1.165, 1.54) is 6.92 Å². The van der Waals surface area contributed by atoms with Gasteiger partial charge in [0.05, 0.1) is 18.1 Å². The second-order valence-electron chi connectivity index (χ2n) is 4.45. The van der Waals surface area contributed by atoms with Crippen LogP contribution in [-0.2, 0) is 4.79 Å². The summed E-state index contributed by atoms with van der Waals surface area (Å²) >= 11 is 0. The van der Waals surface area contributed by atoms with E-state index in [-0.39, 0.29) is 0 Å². The van der Waals surface area contributed by atoms with Crippen molar-refractivity contribution < 1.29 is 23.1 Å². The van der Waals surface area contributed by atoms with E-state index >= 15 is 0 Å². The molecule has 2 rings (SSSR count). The highest BCUT2D eigenvalue weighted by atomic mass is 19.4. The molecule has 3 atom stereocenters. The van der Waals surface area contributed by atoms with Gasteiger partial charge in [-0.15, -0.1) is 0 Å². The van der Waals surface area contributed by atoms with Gasteiger partial charge in [0.2, 0.25) is 0 Å². The number of aliphatic hydroxyl groups excluding tert-OH is 1. The lowest BCUT2D eigenvalue weighted by Gasteiger charge is -2.23. The van der Waals surface area contributed by atoms with E-state index in [1.807, 2.05) is 0 Å². The molecule has 2 aliphatic rings. The van der Waals surface area contributed by atoms with E-state index in [2.05, 4.69) is 5.10 Å². The van der Waals surface area contributed by atoms with Crippen molar-refractivity contribution in [1.82, 2.24) is 5.01 Å². The summed E-state index contributed by atoms with van der Waals surface area (Å²) in [5.74, 6) is -1.95. The standard InChI is InChI=1S/C10H13F3N2O2/c1-5-8(10(11,12)13)14-15(9(5)17)6-3-2-4-7(6)16/h5-7,16H,2-4H2,1H3. The zero-order valence-corrected chi connectivity index (χ0v) is 9.24. The smallest absolute Gasteiger partial charge is 0.391 e. The topological polar surface area (TPSA) is 52.9 Å². The molecule has 1 heterocycles. The van der Waals surface area contributed by atoms with Crippen molar-refractivity contribution in [2.75, 3.05) is 0 Å². The van der Waals surface area contributed by atoms with E-state index < -0.39 is 35.9 Å². The number of alkyl halides is 3. The van der Waals surface area contributed by atoms with Gasteiger partial charge in [0, 0.05) is 0 Å². The van der Waals surface area contributed by atoms with Gasteiger partial charge in [-0.25, -0.2) is 5.01 Å². The van der Waals surface area contributed by atoms with Gasteiger partial charge < -0.3 is 5.11 Å². The van der Waals surface area contributed by atoms with Crippen LogP contribution in [0.1, 0.15) is 26.2 Å². The molecule has 1 fully saturated rings. The molecule has 0 aromatic heterocycles. The highest BCUT2D eigenvalue weighted by Crippen LogP contribution is 2.33. The Morgan fingerprint density at radius 1 is 1.41 bits per heavy atom. The lowest BCUT2D eigenvalue weighted by Crippen LogP contribution is -2.40. The number of halogens is 3. The summed E-state index contributed by atoms with van der Waals surface area (Å²) in [6, 6.07) is -0.607. The molecular weight excluding hydrogens is 237 g/mol. The third-order valence-electron chi connectivity index (χ3n) is 3.27. The number of hydrogen-bond acceptors (Lipinski definition) is 3. The molecule has 1 amide bonds. The quantitative estimate of drug-likeness (QED) is 0.762. The largest absolute Gasteiger partial charge is 0.431 e. The highest BCUT2D eigenvalue weighted by Gasteiger charge is 2.50. The van der Waals surface area contributed by atoms with Crippen LogP contribution in [0.15, 0.2) is 5.10 Å². The van der Waals surface area contributed by atoms with Gasteiger partial charge in [-0.05, 0) is 26.2 Å². The van der Waals surface area contributed by atoms with Gasteiger partial charge in [0.25, 0.3) is 5.91 Å². The van der Waals surface area contributed by atoms with Crippen LogP contribution >= 0.6 is 0 Å². The molecular formula is C10H13F3N2O2. The van der Waals surface area contributed by atoms with Crippen molar-refractivity contribution in [2.45, 2.75) is 44.5 Å². The first-order valence-electron chi connectivity index (χ1n) is 5.49. The third-order valence-corrected chi connectivity index (χ3v) is 3.27.